The van der Waals surface area contributed by atoms with Gasteiger partial charge in [-0.3, -0.25) is 4.79 Å². The van der Waals surface area contributed by atoms with E-state index in [2.05, 4.69) is 15.5 Å². The molecule has 0 aliphatic heterocycles. The molecule has 0 saturated heterocycles. The summed E-state index contributed by atoms with van der Waals surface area (Å²) in [5.41, 5.74) is 1.31. The van der Waals surface area contributed by atoms with Crippen molar-refractivity contribution < 1.29 is 18.8 Å². The van der Waals surface area contributed by atoms with Crippen molar-refractivity contribution in [1.29, 1.82) is 0 Å². The molecule has 0 bridgehead atoms. The highest BCUT2D eigenvalue weighted by Crippen LogP contribution is 2.30. The van der Waals surface area contributed by atoms with E-state index in [1.54, 1.807) is 37.4 Å². The number of hydrogen-bond acceptors (Lipinski definition) is 7. The van der Waals surface area contributed by atoms with Crippen LogP contribution < -0.4 is 14.8 Å². The van der Waals surface area contributed by atoms with Crippen molar-refractivity contribution in [2.24, 2.45) is 0 Å². The molecule has 0 radical (unpaired) electrons. The molecule has 29 heavy (non-hydrogen) atoms. The van der Waals surface area contributed by atoms with Crippen molar-refractivity contribution in [2.75, 3.05) is 19.0 Å². The molecule has 0 atom stereocenters. The predicted molar refractivity (Wildman–Crippen MR) is 110 cm³/mol. The summed E-state index contributed by atoms with van der Waals surface area (Å²) in [6.07, 6.45) is 0. The number of nitrogens with zero attached hydrogens (tertiary/aromatic N) is 2. The van der Waals surface area contributed by atoms with Gasteiger partial charge in [-0.05, 0) is 47.8 Å². The van der Waals surface area contributed by atoms with Crippen LogP contribution in [0.3, 0.4) is 0 Å². The number of para-hydroxylation sites is 1. The van der Waals surface area contributed by atoms with Gasteiger partial charge in [-0.1, -0.05) is 23.4 Å². The number of benzene rings is 2. The lowest BCUT2D eigenvalue weighted by Gasteiger charge is -2.10. The van der Waals surface area contributed by atoms with E-state index in [9.17, 15) is 4.79 Å². The fourth-order valence-electron chi connectivity index (χ4n) is 2.63. The van der Waals surface area contributed by atoms with Gasteiger partial charge in [0, 0.05) is 5.69 Å². The molecule has 8 heteroatoms. The second-order valence-electron chi connectivity index (χ2n) is 5.96. The van der Waals surface area contributed by atoms with Gasteiger partial charge in [0.1, 0.15) is 11.5 Å². The lowest BCUT2D eigenvalue weighted by atomic mass is 10.2. The number of hydrogen-bond donors (Lipinski definition) is 1. The van der Waals surface area contributed by atoms with Gasteiger partial charge in [-0.2, -0.15) is 4.98 Å². The Morgan fingerprint density at radius 3 is 2.69 bits per heavy atom. The van der Waals surface area contributed by atoms with E-state index in [0.717, 1.165) is 10.6 Å². The normalized spacial score (nSPS) is 10.5. The van der Waals surface area contributed by atoms with Crippen LogP contribution in [0.1, 0.15) is 0 Å². The SMILES string of the molecule is COc1ccc(NC(=O)COc2ccccc2-c2noc(-c3cccs3)n2)cc1. The minimum atomic E-state index is -0.280. The Kier molecular flexibility index (Phi) is 5.53. The van der Waals surface area contributed by atoms with Crippen molar-refractivity contribution in [3.63, 3.8) is 0 Å². The molecule has 146 valence electrons. The largest absolute Gasteiger partial charge is 0.497 e. The van der Waals surface area contributed by atoms with Crippen LogP contribution in [0.4, 0.5) is 5.69 Å². The Balaban J connectivity index is 1.44. The number of aromatic nitrogens is 2. The summed E-state index contributed by atoms with van der Waals surface area (Å²) in [6.45, 7) is -0.154. The van der Waals surface area contributed by atoms with Crippen LogP contribution in [-0.2, 0) is 4.79 Å². The van der Waals surface area contributed by atoms with Crippen LogP contribution in [-0.4, -0.2) is 29.8 Å². The maximum absolute atomic E-state index is 12.2. The van der Waals surface area contributed by atoms with Gasteiger partial charge < -0.3 is 19.3 Å². The number of methoxy groups -OCH3 is 1. The molecule has 4 rings (SSSR count). The third kappa shape index (κ3) is 4.44. The molecule has 4 aromatic rings. The second-order valence-corrected chi connectivity index (χ2v) is 6.91. The Bertz CT molecular complexity index is 1090. The average molecular weight is 407 g/mol. The molecule has 2 aromatic heterocycles. The number of rotatable bonds is 7. The van der Waals surface area contributed by atoms with Gasteiger partial charge in [-0.25, -0.2) is 0 Å². The third-order valence-corrected chi connectivity index (χ3v) is 4.88. The number of carbonyl (C=O) groups excluding carboxylic acids is 1. The topological polar surface area (TPSA) is 86.5 Å². The number of amides is 1. The van der Waals surface area contributed by atoms with E-state index in [0.29, 0.717) is 28.7 Å². The number of thiophene rings is 1. The molecule has 0 aliphatic rings. The smallest absolute Gasteiger partial charge is 0.268 e. The van der Waals surface area contributed by atoms with E-state index in [1.807, 2.05) is 35.7 Å². The van der Waals surface area contributed by atoms with E-state index in [-0.39, 0.29) is 12.5 Å². The standard InChI is InChI=1S/C21H17N3O4S/c1-26-15-10-8-14(9-11-15)22-19(25)13-27-17-6-3-2-5-16(17)20-23-21(28-24-20)18-7-4-12-29-18/h2-12H,13H2,1H3,(H,22,25). The maximum Gasteiger partial charge on any atom is 0.268 e. The lowest BCUT2D eigenvalue weighted by Crippen LogP contribution is -2.20. The zero-order valence-corrected chi connectivity index (χ0v) is 16.3. The monoisotopic (exact) mass is 407 g/mol. The first kappa shape index (κ1) is 18.7. The molecule has 0 aliphatic carbocycles. The summed E-state index contributed by atoms with van der Waals surface area (Å²) in [6, 6.07) is 18.1. The van der Waals surface area contributed by atoms with Gasteiger partial charge in [0.25, 0.3) is 11.8 Å². The number of nitrogens with one attached hydrogen (secondary N) is 1. The first-order chi connectivity index (χ1) is 14.2. The summed E-state index contributed by atoms with van der Waals surface area (Å²) < 4.78 is 16.2. The zero-order valence-electron chi connectivity index (χ0n) is 15.5. The van der Waals surface area contributed by atoms with E-state index < -0.39 is 0 Å². The zero-order chi connectivity index (χ0) is 20.1. The molecule has 1 N–H and O–H groups in total. The molecule has 7 nitrogen and oxygen atoms in total. The molecular weight excluding hydrogens is 390 g/mol. The molecular formula is C21H17N3O4S. The van der Waals surface area contributed by atoms with Gasteiger partial charge >= 0.3 is 0 Å². The first-order valence-electron chi connectivity index (χ1n) is 8.76. The van der Waals surface area contributed by atoms with Crippen LogP contribution in [0, 0.1) is 0 Å². The minimum absolute atomic E-state index is 0.154. The summed E-state index contributed by atoms with van der Waals surface area (Å²) >= 11 is 1.52. The number of carbonyl (C=O) groups is 1. The summed E-state index contributed by atoms with van der Waals surface area (Å²) in [5.74, 6) is 1.78. The van der Waals surface area contributed by atoms with Crippen molar-refractivity contribution in [3.05, 3.63) is 66.0 Å². The van der Waals surface area contributed by atoms with Gasteiger partial charge in [0.15, 0.2) is 6.61 Å². The maximum atomic E-state index is 12.2. The average Bonchev–Trinajstić information content (AvgIpc) is 3.45. The number of ether oxygens (including phenoxy) is 2. The molecule has 1 amide bonds. The Labute approximate surface area is 170 Å². The Hall–Kier alpha value is -3.65. The first-order valence-corrected chi connectivity index (χ1v) is 9.64. The summed E-state index contributed by atoms with van der Waals surface area (Å²) in [4.78, 5) is 17.6. The van der Waals surface area contributed by atoms with Gasteiger partial charge in [0.2, 0.25) is 5.82 Å². The van der Waals surface area contributed by atoms with Gasteiger partial charge in [0.05, 0.1) is 17.6 Å². The molecule has 2 aromatic carbocycles. The van der Waals surface area contributed by atoms with E-state index in [1.165, 1.54) is 11.3 Å². The van der Waals surface area contributed by atoms with Crippen LogP contribution in [0.5, 0.6) is 11.5 Å². The minimum Gasteiger partial charge on any atom is -0.497 e. The highest BCUT2D eigenvalue weighted by molar-refractivity contribution is 7.13. The molecule has 0 fully saturated rings. The highest BCUT2D eigenvalue weighted by atomic mass is 32.1. The summed E-state index contributed by atoms with van der Waals surface area (Å²) in [7, 11) is 1.59. The van der Waals surface area contributed by atoms with Crippen LogP contribution in [0.2, 0.25) is 0 Å². The molecule has 0 unspecified atom stereocenters. The Morgan fingerprint density at radius 2 is 1.93 bits per heavy atom. The molecule has 0 spiro atoms. The second kappa shape index (κ2) is 8.57. The Morgan fingerprint density at radius 1 is 1.10 bits per heavy atom. The fraction of sp³-hybridized carbons (Fsp3) is 0.0952. The van der Waals surface area contributed by atoms with Crippen LogP contribution >= 0.6 is 11.3 Å². The van der Waals surface area contributed by atoms with Crippen molar-refractivity contribution in [3.8, 4) is 33.7 Å². The van der Waals surface area contributed by atoms with Crippen LogP contribution in [0.15, 0.2) is 70.6 Å². The molecule has 2 heterocycles. The van der Waals surface area contributed by atoms with E-state index in [4.69, 9.17) is 14.0 Å². The van der Waals surface area contributed by atoms with Crippen molar-refractivity contribution >= 4 is 22.9 Å². The van der Waals surface area contributed by atoms with Crippen LogP contribution in [0.25, 0.3) is 22.2 Å². The van der Waals surface area contributed by atoms with Crippen molar-refractivity contribution in [1.82, 2.24) is 10.1 Å². The van der Waals surface area contributed by atoms with Gasteiger partial charge in [-0.15, -0.1) is 11.3 Å². The summed E-state index contributed by atoms with van der Waals surface area (Å²) in [5, 5.41) is 8.76. The predicted octanol–water partition coefficient (Wildman–Crippen LogP) is 4.49. The quantitative estimate of drug-likeness (QED) is 0.486. The number of anilines is 1. The van der Waals surface area contributed by atoms with Crippen molar-refractivity contribution in [2.45, 2.75) is 0 Å². The van der Waals surface area contributed by atoms with E-state index >= 15 is 0 Å². The lowest BCUT2D eigenvalue weighted by molar-refractivity contribution is -0.118. The highest BCUT2D eigenvalue weighted by Gasteiger charge is 2.15. The molecule has 0 saturated carbocycles. The third-order valence-electron chi connectivity index (χ3n) is 4.02. The fourth-order valence-corrected chi connectivity index (χ4v) is 3.27.